The van der Waals surface area contributed by atoms with E-state index < -0.39 is 56.1 Å². The van der Waals surface area contributed by atoms with Crippen molar-refractivity contribution in [2.24, 2.45) is 5.92 Å². The number of sulfonamides is 2. The van der Waals surface area contributed by atoms with Crippen LogP contribution in [0.2, 0.25) is 0 Å². The molecule has 0 radical (unpaired) electrons. The average molecular weight is 586 g/mol. The van der Waals surface area contributed by atoms with E-state index in [0.29, 0.717) is 0 Å². The molecule has 0 aromatic heterocycles. The van der Waals surface area contributed by atoms with Crippen LogP contribution in [-0.2, 0) is 26.5 Å². The van der Waals surface area contributed by atoms with Gasteiger partial charge in [-0.25, -0.2) is 21.6 Å². The van der Waals surface area contributed by atoms with E-state index in [1.165, 1.54) is 0 Å². The van der Waals surface area contributed by atoms with Crippen molar-refractivity contribution in [2.75, 3.05) is 24.1 Å². The quantitative estimate of drug-likeness (QED) is 0.276. The van der Waals surface area contributed by atoms with Gasteiger partial charge in [-0.05, 0) is 56.9 Å². The Morgan fingerprint density at radius 3 is 2.08 bits per heavy atom. The third kappa shape index (κ3) is 9.09. The van der Waals surface area contributed by atoms with Gasteiger partial charge in [-0.2, -0.15) is 4.31 Å². The molecule has 1 amide bonds. The number of aliphatic hydroxyl groups excluding tert-OH is 1. The summed E-state index contributed by atoms with van der Waals surface area (Å²) in [5.74, 6) is -0.622. The van der Waals surface area contributed by atoms with Crippen LogP contribution in [0.4, 0.5) is 10.5 Å². The van der Waals surface area contributed by atoms with Gasteiger partial charge in [0.05, 0.1) is 29.0 Å². The number of anilines is 1. The first-order chi connectivity index (χ1) is 17.8. The highest BCUT2D eigenvalue weighted by Crippen LogP contribution is 2.30. The largest absolute Gasteiger partial charge is 0.506 e. The monoisotopic (exact) mass is 585 g/mol. The third-order valence-corrected chi connectivity index (χ3v) is 8.27. The van der Waals surface area contributed by atoms with E-state index in [9.17, 15) is 36.9 Å². The maximum atomic E-state index is 13.7. The van der Waals surface area contributed by atoms with Gasteiger partial charge in [0.1, 0.15) is 5.75 Å². The number of carboxylic acid groups (broad SMARTS) is 1. The number of carbonyl (C=O) groups is 1. The van der Waals surface area contributed by atoms with E-state index in [1.54, 1.807) is 58.9 Å². The number of nitrogens with one attached hydrogen (secondary N) is 1. The lowest BCUT2D eigenvalue weighted by molar-refractivity contribution is 0.000540. The van der Waals surface area contributed by atoms with Crippen LogP contribution in [0.25, 0.3) is 0 Å². The van der Waals surface area contributed by atoms with Crippen LogP contribution in [0.5, 0.6) is 5.75 Å². The molecule has 11 nitrogen and oxygen atoms in total. The van der Waals surface area contributed by atoms with Gasteiger partial charge in [-0.3, -0.25) is 9.62 Å². The summed E-state index contributed by atoms with van der Waals surface area (Å²) >= 11 is 0. The molecule has 0 aliphatic carbocycles. The molecule has 2 aromatic rings. The summed E-state index contributed by atoms with van der Waals surface area (Å²) < 4.78 is 54.0. The van der Waals surface area contributed by atoms with Crippen LogP contribution in [-0.4, -0.2) is 84.5 Å². The van der Waals surface area contributed by atoms with Crippen molar-refractivity contribution in [3.63, 3.8) is 0 Å². The molecule has 0 saturated heterocycles. The Hall–Kier alpha value is -2.87. The van der Waals surface area contributed by atoms with Crippen LogP contribution >= 0.6 is 0 Å². The summed E-state index contributed by atoms with van der Waals surface area (Å²) in [5, 5.41) is 31.6. The van der Waals surface area contributed by atoms with Crippen LogP contribution in [0.1, 0.15) is 40.2 Å². The van der Waals surface area contributed by atoms with Crippen molar-refractivity contribution in [1.29, 1.82) is 0 Å². The fourth-order valence-electron chi connectivity index (χ4n) is 4.30. The lowest BCUT2D eigenvalue weighted by Crippen LogP contribution is -2.58. The summed E-state index contributed by atoms with van der Waals surface area (Å²) in [6, 6.07) is 11.2. The Morgan fingerprint density at radius 1 is 1.00 bits per heavy atom. The Bertz CT molecular complexity index is 1340. The summed E-state index contributed by atoms with van der Waals surface area (Å²) in [6.07, 6.45) is -1.66. The Balaban J connectivity index is 2.54. The minimum atomic E-state index is -4.31. The molecule has 0 unspecified atom stereocenters. The predicted octanol–water partition coefficient (Wildman–Crippen LogP) is 3.16. The van der Waals surface area contributed by atoms with E-state index in [1.807, 2.05) is 6.07 Å². The minimum Gasteiger partial charge on any atom is -0.506 e. The maximum Gasteiger partial charge on any atom is 0.408 e. The molecule has 13 heteroatoms. The lowest BCUT2D eigenvalue weighted by Gasteiger charge is -2.42. The van der Waals surface area contributed by atoms with Gasteiger partial charge < -0.3 is 15.3 Å². The zero-order chi connectivity index (χ0) is 29.8. The second-order valence-electron chi connectivity index (χ2n) is 10.9. The number of hydrogen-bond acceptors (Lipinski definition) is 7. The predicted molar refractivity (Wildman–Crippen MR) is 150 cm³/mol. The van der Waals surface area contributed by atoms with E-state index in [0.717, 1.165) is 39.2 Å². The smallest absolute Gasteiger partial charge is 0.408 e. The molecule has 4 N–H and O–H groups in total. The Labute approximate surface area is 231 Å². The Morgan fingerprint density at radius 2 is 1.59 bits per heavy atom. The van der Waals surface area contributed by atoms with E-state index >= 15 is 0 Å². The number of aliphatic hydroxyl groups is 1. The van der Waals surface area contributed by atoms with E-state index in [4.69, 9.17) is 0 Å². The number of phenolic OH excluding ortho intramolecular Hbond substituents is 1. The maximum absolute atomic E-state index is 13.7. The topological polar surface area (TPSA) is 165 Å². The number of nitrogens with zero attached hydrogens (tertiary/aromatic N) is 2. The number of benzene rings is 2. The lowest BCUT2D eigenvalue weighted by atomic mass is 9.94. The number of amides is 1. The van der Waals surface area contributed by atoms with Gasteiger partial charge in [0.2, 0.25) is 20.0 Å². The molecule has 0 bridgehead atoms. The molecular formula is C26H39N3O8S2. The molecule has 0 aliphatic heterocycles. The zero-order valence-corrected chi connectivity index (χ0v) is 24.7. The normalized spacial score (nSPS) is 14.3. The fourth-order valence-corrected chi connectivity index (χ4v) is 6.51. The first kappa shape index (κ1) is 32.3. The number of rotatable bonds is 12. The van der Waals surface area contributed by atoms with E-state index in [-0.39, 0.29) is 29.5 Å². The summed E-state index contributed by atoms with van der Waals surface area (Å²) in [5.41, 5.74) is -0.447. The summed E-state index contributed by atoms with van der Waals surface area (Å²) in [7, 11) is -8.12. The van der Waals surface area contributed by atoms with Gasteiger partial charge in [0, 0.05) is 18.6 Å². The molecular weight excluding hydrogens is 546 g/mol. The SMILES string of the molecule is CC(C)CN(C[C@@H](O)[C@H](Cc1ccccc1)N(C(=O)O)C(C)(C)C)S(=O)(=O)c1ccc(O)c(NS(C)(=O)=O)c1. The molecule has 2 rings (SSSR count). The van der Waals surface area contributed by atoms with Gasteiger partial charge in [0.15, 0.2) is 0 Å². The first-order valence-electron chi connectivity index (χ1n) is 12.4. The van der Waals surface area contributed by atoms with E-state index in [2.05, 4.69) is 4.72 Å². The van der Waals surface area contributed by atoms with Gasteiger partial charge in [-0.15, -0.1) is 0 Å². The summed E-state index contributed by atoms with van der Waals surface area (Å²) in [6.45, 7) is 8.25. The van der Waals surface area contributed by atoms with Crippen LogP contribution in [0.3, 0.4) is 0 Å². The highest BCUT2D eigenvalue weighted by atomic mass is 32.2. The Kier molecular flexibility index (Phi) is 10.4. The fraction of sp³-hybridized carbons (Fsp3) is 0.500. The standard InChI is InChI=1S/C26H39N3O8S2/c1-18(2)16-28(39(36,37)20-12-13-23(30)21(15-20)27-38(6,34)35)17-24(31)22(14-19-10-8-7-9-11-19)29(25(32)33)26(3,4)5/h7-13,15,18,22,24,27,30-31H,14,16-17H2,1-6H3,(H,32,33)/t22-,24+/m0/s1. The van der Waals surface area contributed by atoms with Gasteiger partial charge in [0.25, 0.3) is 0 Å². The molecule has 2 atom stereocenters. The van der Waals surface area contributed by atoms with Gasteiger partial charge >= 0.3 is 6.09 Å². The van der Waals surface area contributed by atoms with Gasteiger partial charge in [-0.1, -0.05) is 44.2 Å². The molecule has 0 spiro atoms. The van der Waals surface area contributed by atoms with Crippen molar-refractivity contribution >= 4 is 31.8 Å². The number of hydrogen-bond donors (Lipinski definition) is 4. The van der Waals surface area contributed by atoms with Crippen molar-refractivity contribution in [2.45, 2.75) is 63.6 Å². The molecule has 2 aromatic carbocycles. The third-order valence-electron chi connectivity index (χ3n) is 5.85. The first-order valence-corrected chi connectivity index (χ1v) is 15.7. The van der Waals surface area contributed by atoms with Crippen LogP contribution < -0.4 is 4.72 Å². The molecule has 0 aliphatic rings. The van der Waals surface area contributed by atoms with Crippen LogP contribution in [0.15, 0.2) is 53.4 Å². The average Bonchev–Trinajstić information content (AvgIpc) is 2.77. The molecule has 0 fully saturated rings. The highest BCUT2D eigenvalue weighted by Gasteiger charge is 2.39. The zero-order valence-electron chi connectivity index (χ0n) is 23.1. The van der Waals surface area contributed by atoms with Crippen molar-refractivity contribution in [3.8, 4) is 5.75 Å². The van der Waals surface area contributed by atoms with Crippen LogP contribution in [0, 0.1) is 5.92 Å². The van der Waals surface area contributed by atoms with Crippen molar-refractivity contribution in [3.05, 3.63) is 54.1 Å². The molecule has 39 heavy (non-hydrogen) atoms. The van der Waals surface area contributed by atoms with Crippen molar-refractivity contribution in [1.82, 2.24) is 9.21 Å². The number of phenols is 1. The minimum absolute atomic E-state index is 0.00421. The highest BCUT2D eigenvalue weighted by molar-refractivity contribution is 7.92. The molecule has 218 valence electrons. The molecule has 0 saturated carbocycles. The second kappa shape index (κ2) is 12.5. The summed E-state index contributed by atoms with van der Waals surface area (Å²) in [4.78, 5) is 13.2. The number of aromatic hydroxyl groups is 1. The second-order valence-corrected chi connectivity index (χ2v) is 14.6. The molecule has 0 heterocycles. The van der Waals surface area contributed by atoms with Crippen molar-refractivity contribution < 1.29 is 36.9 Å².